The lowest BCUT2D eigenvalue weighted by Crippen LogP contribution is -2.28. The number of hydrogen-bond acceptors (Lipinski definition) is 5. The zero-order valence-corrected chi connectivity index (χ0v) is 8.74. The van der Waals surface area contributed by atoms with Crippen molar-refractivity contribution in [1.82, 2.24) is 19.5 Å². The Labute approximate surface area is 92.1 Å². The highest BCUT2D eigenvalue weighted by atomic mass is 16.3. The molecule has 16 heavy (non-hydrogen) atoms. The summed E-state index contributed by atoms with van der Waals surface area (Å²) in [6.07, 6.45) is 5.17. The number of imidazole rings is 1. The van der Waals surface area contributed by atoms with Crippen molar-refractivity contribution in [3.8, 4) is 0 Å². The van der Waals surface area contributed by atoms with E-state index in [2.05, 4.69) is 15.0 Å². The summed E-state index contributed by atoms with van der Waals surface area (Å²) in [4.78, 5) is 12.3. The van der Waals surface area contributed by atoms with Crippen LogP contribution in [0.25, 0.3) is 11.2 Å². The van der Waals surface area contributed by atoms with Crippen LogP contribution in [0.4, 0.5) is 5.82 Å². The van der Waals surface area contributed by atoms with Gasteiger partial charge in [-0.3, -0.25) is 0 Å². The lowest BCUT2D eigenvalue weighted by Gasteiger charge is -2.34. The second-order valence-electron chi connectivity index (χ2n) is 4.26. The van der Waals surface area contributed by atoms with Crippen LogP contribution in [0.3, 0.4) is 0 Å². The molecule has 1 fully saturated rings. The molecule has 0 unspecified atom stereocenters. The molecule has 2 heterocycles. The minimum absolute atomic E-state index is 0.264. The second-order valence-corrected chi connectivity index (χ2v) is 4.26. The third-order valence-electron chi connectivity index (χ3n) is 3.25. The lowest BCUT2D eigenvalue weighted by atomic mass is 9.81. The highest BCUT2D eigenvalue weighted by Gasteiger charge is 2.31. The van der Waals surface area contributed by atoms with Gasteiger partial charge in [0.2, 0.25) is 0 Å². The molecule has 6 heteroatoms. The van der Waals surface area contributed by atoms with E-state index in [0.717, 1.165) is 18.5 Å². The average molecular weight is 219 g/mol. The predicted octanol–water partition coefficient (Wildman–Crippen LogP) is 0.352. The summed E-state index contributed by atoms with van der Waals surface area (Å²) in [5.41, 5.74) is 7.16. The Morgan fingerprint density at radius 2 is 2.19 bits per heavy atom. The molecule has 0 aliphatic heterocycles. The zero-order chi connectivity index (χ0) is 11.1. The summed E-state index contributed by atoms with van der Waals surface area (Å²) in [5, 5.41) is 8.99. The van der Waals surface area contributed by atoms with E-state index in [1.165, 1.54) is 6.33 Å². The van der Waals surface area contributed by atoms with E-state index >= 15 is 0 Å². The molecule has 0 atom stereocenters. The Hall–Kier alpha value is -1.69. The number of rotatable bonds is 2. The number of anilines is 1. The topological polar surface area (TPSA) is 89.9 Å². The van der Waals surface area contributed by atoms with Crippen molar-refractivity contribution in [3.05, 3.63) is 12.7 Å². The molecule has 6 nitrogen and oxygen atoms in total. The van der Waals surface area contributed by atoms with Crippen molar-refractivity contribution in [1.29, 1.82) is 0 Å². The average Bonchev–Trinajstić information content (AvgIpc) is 2.62. The van der Waals surface area contributed by atoms with E-state index in [1.54, 1.807) is 6.33 Å². The first-order chi connectivity index (χ1) is 7.79. The van der Waals surface area contributed by atoms with E-state index in [4.69, 9.17) is 10.8 Å². The molecular weight excluding hydrogens is 206 g/mol. The van der Waals surface area contributed by atoms with Crippen LogP contribution < -0.4 is 5.73 Å². The maximum absolute atomic E-state index is 8.99. The number of aliphatic hydroxyl groups is 1. The molecule has 0 spiro atoms. The molecule has 2 aromatic rings. The minimum Gasteiger partial charge on any atom is -0.396 e. The fraction of sp³-hybridized carbons (Fsp3) is 0.500. The molecule has 0 amide bonds. The largest absolute Gasteiger partial charge is 0.396 e. The van der Waals surface area contributed by atoms with Crippen LogP contribution in [0.5, 0.6) is 0 Å². The van der Waals surface area contributed by atoms with Crippen molar-refractivity contribution < 1.29 is 5.11 Å². The first-order valence-electron chi connectivity index (χ1n) is 5.33. The number of aliphatic hydroxyl groups excluding tert-OH is 1. The van der Waals surface area contributed by atoms with Gasteiger partial charge in [0.25, 0.3) is 0 Å². The molecule has 1 saturated carbocycles. The standard InChI is InChI=1S/C10H13N5O/c11-9-8-10(13-4-12-9)15(5-14-8)7-1-6(2-7)3-16/h4-7,16H,1-3H2,(H2,11,12,13)/t6-,7+. The van der Waals surface area contributed by atoms with Gasteiger partial charge in [0.05, 0.1) is 6.33 Å². The van der Waals surface area contributed by atoms with Crippen LogP contribution >= 0.6 is 0 Å². The maximum Gasteiger partial charge on any atom is 0.165 e. The molecule has 1 aliphatic rings. The fourth-order valence-electron chi connectivity index (χ4n) is 2.21. The molecular formula is C10H13N5O. The van der Waals surface area contributed by atoms with Gasteiger partial charge in [-0.2, -0.15) is 0 Å². The summed E-state index contributed by atoms with van der Waals surface area (Å²) in [7, 11) is 0. The van der Waals surface area contributed by atoms with Gasteiger partial charge in [0, 0.05) is 12.6 Å². The van der Waals surface area contributed by atoms with Crippen LogP contribution in [0.15, 0.2) is 12.7 Å². The number of nitrogens with two attached hydrogens (primary N) is 1. The Kier molecular flexibility index (Phi) is 2.03. The predicted molar refractivity (Wildman–Crippen MR) is 58.6 cm³/mol. The Balaban J connectivity index is 1.97. The quantitative estimate of drug-likeness (QED) is 0.760. The van der Waals surface area contributed by atoms with Crippen molar-refractivity contribution >= 4 is 17.0 Å². The SMILES string of the molecule is Nc1ncnc2c1ncn2[C@H]1C[C@@H](CO)C1. The van der Waals surface area contributed by atoms with E-state index in [9.17, 15) is 0 Å². The number of hydrogen-bond donors (Lipinski definition) is 2. The highest BCUT2D eigenvalue weighted by Crippen LogP contribution is 2.38. The molecule has 0 bridgehead atoms. The van der Waals surface area contributed by atoms with Gasteiger partial charge >= 0.3 is 0 Å². The van der Waals surface area contributed by atoms with Crippen molar-refractivity contribution in [3.63, 3.8) is 0 Å². The maximum atomic E-state index is 8.99. The van der Waals surface area contributed by atoms with Gasteiger partial charge in [-0.1, -0.05) is 0 Å². The first kappa shape index (κ1) is 9.53. The Bertz CT molecular complexity index is 517. The molecule has 1 aliphatic carbocycles. The smallest absolute Gasteiger partial charge is 0.165 e. The molecule has 0 aromatic carbocycles. The number of fused-ring (bicyclic) bond motifs is 1. The summed E-state index contributed by atoms with van der Waals surface area (Å²) >= 11 is 0. The molecule has 2 aromatic heterocycles. The number of nitrogen functional groups attached to an aromatic ring is 1. The Morgan fingerprint density at radius 3 is 2.94 bits per heavy atom. The third kappa shape index (κ3) is 1.26. The summed E-state index contributed by atoms with van der Waals surface area (Å²) < 4.78 is 2.03. The summed E-state index contributed by atoms with van der Waals surface area (Å²) in [6.45, 7) is 0.264. The van der Waals surface area contributed by atoms with Gasteiger partial charge in [-0.15, -0.1) is 0 Å². The fourth-order valence-corrected chi connectivity index (χ4v) is 2.21. The third-order valence-corrected chi connectivity index (χ3v) is 3.25. The van der Waals surface area contributed by atoms with Gasteiger partial charge in [-0.05, 0) is 18.8 Å². The minimum atomic E-state index is 0.264. The highest BCUT2D eigenvalue weighted by molar-refractivity contribution is 5.81. The normalized spacial score (nSPS) is 24.6. The van der Waals surface area contributed by atoms with Crippen molar-refractivity contribution in [2.75, 3.05) is 12.3 Å². The van der Waals surface area contributed by atoms with Gasteiger partial charge in [-0.25, -0.2) is 15.0 Å². The van der Waals surface area contributed by atoms with Crippen molar-refractivity contribution in [2.45, 2.75) is 18.9 Å². The molecule has 3 N–H and O–H groups in total. The van der Waals surface area contributed by atoms with Gasteiger partial charge in [0.1, 0.15) is 11.8 Å². The zero-order valence-electron chi connectivity index (χ0n) is 8.74. The van der Waals surface area contributed by atoms with Gasteiger partial charge in [0.15, 0.2) is 11.5 Å². The monoisotopic (exact) mass is 219 g/mol. The molecule has 3 rings (SSSR count). The summed E-state index contributed by atoms with van der Waals surface area (Å²) in [6, 6.07) is 0.386. The molecule has 0 radical (unpaired) electrons. The van der Waals surface area contributed by atoms with Crippen LogP contribution in [-0.4, -0.2) is 31.2 Å². The van der Waals surface area contributed by atoms with Crippen LogP contribution in [0, 0.1) is 5.92 Å². The van der Waals surface area contributed by atoms with Crippen molar-refractivity contribution in [2.24, 2.45) is 5.92 Å². The Morgan fingerprint density at radius 1 is 1.38 bits per heavy atom. The van der Waals surface area contributed by atoms with E-state index in [0.29, 0.717) is 23.3 Å². The first-order valence-corrected chi connectivity index (χ1v) is 5.33. The van der Waals surface area contributed by atoms with E-state index < -0.39 is 0 Å². The lowest BCUT2D eigenvalue weighted by molar-refractivity contribution is 0.114. The number of aromatic nitrogens is 4. The number of nitrogens with zero attached hydrogens (tertiary/aromatic N) is 4. The summed E-state index contributed by atoms with van der Waals surface area (Å²) in [5.74, 6) is 0.836. The molecule has 84 valence electrons. The van der Waals surface area contributed by atoms with Crippen LogP contribution in [-0.2, 0) is 0 Å². The van der Waals surface area contributed by atoms with E-state index in [1.807, 2.05) is 4.57 Å². The molecule has 0 saturated heterocycles. The van der Waals surface area contributed by atoms with E-state index in [-0.39, 0.29) is 6.61 Å². The second kappa shape index (κ2) is 3.41. The van der Waals surface area contributed by atoms with Crippen LogP contribution in [0.1, 0.15) is 18.9 Å². The van der Waals surface area contributed by atoms with Gasteiger partial charge < -0.3 is 15.4 Å². The van der Waals surface area contributed by atoms with Crippen LogP contribution in [0.2, 0.25) is 0 Å².